The summed E-state index contributed by atoms with van der Waals surface area (Å²) in [5, 5.41) is 0.216. The molecule has 0 unspecified atom stereocenters. The van der Waals surface area contributed by atoms with E-state index in [0.29, 0.717) is 16.9 Å². The molecule has 0 aliphatic heterocycles. The molecule has 0 amide bonds. The third kappa shape index (κ3) is 3.42. The summed E-state index contributed by atoms with van der Waals surface area (Å²) in [7, 11) is 1.45. The maximum Gasteiger partial charge on any atom is 0.418 e. The number of benzene rings is 3. The molecular weight excluding hydrogens is 382 g/mol. The lowest BCUT2D eigenvalue weighted by atomic mass is 9.91. The van der Waals surface area contributed by atoms with E-state index in [1.807, 2.05) is 6.07 Å². The molecule has 0 spiro atoms. The van der Waals surface area contributed by atoms with E-state index in [2.05, 4.69) is 4.98 Å². The van der Waals surface area contributed by atoms with E-state index in [0.717, 1.165) is 11.6 Å². The Labute approximate surface area is 164 Å². The van der Waals surface area contributed by atoms with Gasteiger partial charge in [-0.1, -0.05) is 42.5 Å². The van der Waals surface area contributed by atoms with Crippen LogP contribution in [-0.2, 0) is 6.18 Å². The monoisotopic (exact) mass is 397 g/mol. The molecule has 0 aliphatic rings. The summed E-state index contributed by atoms with van der Waals surface area (Å²) in [6.45, 7) is 0. The predicted molar refractivity (Wildman–Crippen MR) is 104 cm³/mol. The van der Waals surface area contributed by atoms with Gasteiger partial charge in [-0.15, -0.1) is 0 Å². The topological polar surface area (TPSA) is 22.1 Å². The van der Waals surface area contributed by atoms with Gasteiger partial charge < -0.3 is 4.74 Å². The molecular formula is C23H15F4NO. The molecule has 0 bridgehead atoms. The predicted octanol–water partition coefficient (Wildman–Crippen LogP) is 6.74. The van der Waals surface area contributed by atoms with E-state index >= 15 is 0 Å². The van der Waals surface area contributed by atoms with Crippen LogP contribution in [0.4, 0.5) is 17.6 Å². The third-order valence-electron chi connectivity index (χ3n) is 4.73. The van der Waals surface area contributed by atoms with Gasteiger partial charge in [0.1, 0.15) is 11.6 Å². The molecule has 3 aromatic carbocycles. The van der Waals surface area contributed by atoms with Crippen LogP contribution in [-0.4, -0.2) is 12.1 Å². The number of rotatable bonds is 3. The van der Waals surface area contributed by atoms with Crippen LogP contribution in [0.2, 0.25) is 0 Å². The summed E-state index contributed by atoms with van der Waals surface area (Å²) in [6.07, 6.45) is -3.22. The van der Waals surface area contributed by atoms with Gasteiger partial charge in [0.15, 0.2) is 0 Å². The van der Waals surface area contributed by atoms with Crippen LogP contribution in [0.5, 0.6) is 5.75 Å². The Morgan fingerprint density at radius 1 is 0.862 bits per heavy atom. The number of aromatic nitrogens is 1. The smallest absolute Gasteiger partial charge is 0.418 e. The minimum atomic E-state index is -4.58. The van der Waals surface area contributed by atoms with Gasteiger partial charge >= 0.3 is 6.18 Å². The maximum absolute atomic E-state index is 14.9. The molecule has 0 N–H and O–H groups in total. The number of hydrogen-bond donors (Lipinski definition) is 0. The summed E-state index contributed by atoms with van der Waals surface area (Å²) in [5.74, 6) is -0.162. The van der Waals surface area contributed by atoms with E-state index < -0.39 is 17.6 Å². The van der Waals surface area contributed by atoms with Crippen molar-refractivity contribution in [1.29, 1.82) is 0 Å². The van der Waals surface area contributed by atoms with Crippen molar-refractivity contribution in [2.75, 3.05) is 7.11 Å². The van der Waals surface area contributed by atoms with E-state index in [-0.39, 0.29) is 16.5 Å². The van der Waals surface area contributed by atoms with Crippen LogP contribution in [0, 0.1) is 5.82 Å². The van der Waals surface area contributed by atoms with Gasteiger partial charge in [-0.3, -0.25) is 4.98 Å². The number of pyridine rings is 1. The molecule has 0 fully saturated rings. The molecule has 146 valence electrons. The molecule has 6 heteroatoms. The molecule has 0 atom stereocenters. The fourth-order valence-electron chi connectivity index (χ4n) is 3.40. The zero-order chi connectivity index (χ0) is 20.6. The largest absolute Gasteiger partial charge is 0.497 e. The standard InChI is InChI=1S/C23H15F4NO/c1-29-15-10-11-20(24)17(12-15)21-16-8-5-9-19(23(25,26)27)22(16)28-13-18(21)14-6-3-2-4-7-14/h2-13H,1H3. The van der Waals surface area contributed by atoms with E-state index in [1.54, 1.807) is 24.3 Å². The van der Waals surface area contributed by atoms with E-state index in [4.69, 9.17) is 4.74 Å². The zero-order valence-electron chi connectivity index (χ0n) is 15.3. The van der Waals surface area contributed by atoms with Crippen LogP contribution in [0.1, 0.15) is 5.56 Å². The number of methoxy groups -OCH3 is 1. The van der Waals surface area contributed by atoms with E-state index in [9.17, 15) is 17.6 Å². The first-order valence-electron chi connectivity index (χ1n) is 8.78. The maximum atomic E-state index is 14.9. The first kappa shape index (κ1) is 18.9. The number of alkyl halides is 3. The summed E-state index contributed by atoms with van der Waals surface area (Å²) in [4.78, 5) is 4.11. The van der Waals surface area contributed by atoms with Crippen molar-refractivity contribution in [3.05, 3.63) is 84.3 Å². The van der Waals surface area contributed by atoms with Gasteiger partial charge in [0, 0.05) is 28.3 Å². The van der Waals surface area contributed by atoms with Crippen LogP contribution >= 0.6 is 0 Å². The number of hydrogen-bond acceptors (Lipinski definition) is 2. The van der Waals surface area contributed by atoms with Gasteiger partial charge in [0.2, 0.25) is 0 Å². The van der Waals surface area contributed by atoms with Crippen LogP contribution in [0.15, 0.2) is 72.9 Å². The van der Waals surface area contributed by atoms with Crippen molar-refractivity contribution >= 4 is 10.9 Å². The molecule has 0 radical (unpaired) electrons. The molecule has 0 saturated carbocycles. The lowest BCUT2D eigenvalue weighted by Crippen LogP contribution is -2.07. The minimum Gasteiger partial charge on any atom is -0.497 e. The van der Waals surface area contributed by atoms with Gasteiger partial charge in [-0.25, -0.2) is 4.39 Å². The second kappa shape index (κ2) is 7.20. The highest BCUT2D eigenvalue weighted by Gasteiger charge is 2.34. The SMILES string of the molecule is COc1ccc(F)c(-c2c(-c3ccccc3)cnc3c(C(F)(F)F)cccc23)c1. The first-order valence-corrected chi connectivity index (χ1v) is 8.78. The number of fused-ring (bicyclic) bond motifs is 1. The quantitative estimate of drug-likeness (QED) is 0.357. The fraction of sp³-hybridized carbons (Fsp3) is 0.0870. The summed E-state index contributed by atoms with van der Waals surface area (Å²) in [6, 6.07) is 17.0. The number of nitrogens with zero attached hydrogens (tertiary/aromatic N) is 1. The Balaban J connectivity index is 2.14. The lowest BCUT2D eigenvalue weighted by Gasteiger charge is -2.17. The molecule has 29 heavy (non-hydrogen) atoms. The molecule has 0 aliphatic carbocycles. The Morgan fingerprint density at radius 3 is 2.31 bits per heavy atom. The highest BCUT2D eigenvalue weighted by atomic mass is 19.4. The number of para-hydroxylation sites is 1. The van der Waals surface area contributed by atoms with Crippen molar-refractivity contribution in [3.63, 3.8) is 0 Å². The molecule has 4 rings (SSSR count). The van der Waals surface area contributed by atoms with Gasteiger partial charge in [-0.2, -0.15) is 13.2 Å². The summed E-state index contributed by atoms with van der Waals surface area (Å²) >= 11 is 0. The van der Waals surface area contributed by atoms with Crippen molar-refractivity contribution in [2.45, 2.75) is 6.18 Å². The van der Waals surface area contributed by atoms with Crippen molar-refractivity contribution in [1.82, 2.24) is 4.98 Å². The average molecular weight is 397 g/mol. The van der Waals surface area contributed by atoms with Crippen molar-refractivity contribution < 1.29 is 22.3 Å². The Bertz CT molecular complexity index is 1190. The highest BCUT2D eigenvalue weighted by Crippen LogP contribution is 2.42. The highest BCUT2D eigenvalue weighted by molar-refractivity contribution is 6.03. The summed E-state index contributed by atoms with van der Waals surface area (Å²) in [5.41, 5.74) is 0.649. The lowest BCUT2D eigenvalue weighted by molar-refractivity contribution is -0.136. The Morgan fingerprint density at radius 2 is 1.62 bits per heavy atom. The van der Waals surface area contributed by atoms with Gasteiger partial charge in [0.25, 0.3) is 0 Å². The normalized spacial score (nSPS) is 11.6. The zero-order valence-corrected chi connectivity index (χ0v) is 15.3. The number of halogens is 4. The second-order valence-corrected chi connectivity index (χ2v) is 6.46. The Kier molecular flexibility index (Phi) is 4.70. The van der Waals surface area contributed by atoms with Crippen LogP contribution < -0.4 is 4.74 Å². The molecule has 4 aromatic rings. The summed E-state index contributed by atoms with van der Waals surface area (Å²) < 4.78 is 60.7. The van der Waals surface area contributed by atoms with Gasteiger partial charge in [0.05, 0.1) is 18.2 Å². The van der Waals surface area contributed by atoms with Crippen molar-refractivity contribution in [3.8, 4) is 28.0 Å². The van der Waals surface area contributed by atoms with Gasteiger partial charge in [-0.05, 0) is 29.8 Å². The van der Waals surface area contributed by atoms with Crippen LogP contribution in [0.3, 0.4) is 0 Å². The molecule has 1 aromatic heterocycles. The van der Waals surface area contributed by atoms with E-state index in [1.165, 1.54) is 43.6 Å². The molecule has 0 saturated heterocycles. The average Bonchev–Trinajstić information content (AvgIpc) is 2.73. The second-order valence-electron chi connectivity index (χ2n) is 6.46. The first-order chi connectivity index (χ1) is 13.9. The third-order valence-corrected chi connectivity index (χ3v) is 4.73. The molecule has 1 heterocycles. The Hall–Kier alpha value is -3.41. The number of ether oxygens (including phenoxy) is 1. The molecule has 2 nitrogen and oxygen atoms in total. The van der Waals surface area contributed by atoms with Crippen molar-refractivity contribution in [2.24, 2.45) is 0 Å². The fourth-order valence-corrected chi connectivity index (χ4v) is 3.40. The van der Waals surface area contributed by atoms with Crippen LogP contribution in [0.25, 0.3) is 33.2 Å². The minimum absolute atomic E-state index is 0.148.